The first-order valence-corrected chi connectivity index (χ1v) is 7.59. The van der Waals surface area contributed by atoms with Crippen molar-refractivity contribution in [3.05, 3.63) is 59.7 Å². The summed E-state index contributed by atoms with van der Waals surface area (Å²) in [5.74, 6) is 0.267. The summed E-state index contributed by atoms with van der Waals surface area (Å²) in [6.07, 6.45) is 0.655. The number of para-hydroxylation sites is 1. The largest absolute Gasteiger partial charge is 0.508 e. The SMILES string of the molecule is CC[C@H](C)N1C(=O)c2ccccc2N[C@H]1c1ccc(O)cc1. The number of aromatic hydroxyl groups is 1. The third-order valence-corrected chi connectivity index (χ3v) is 4.24. The number of hydrogen-bond acceptors (Lipinski definition) is 3. The average molecular weight is 296 g/mol. The molecule has 1 heterocycles. The van der Waals surface area contributed by atoms with Crippen LogP contribution in [0.3, 0.4) is 0 Å². The van der Waals surface area contributed by atoms with E-state index in [-0.39, 0.29) is 23.9 Å². The first kappa shape index (κ1) is 14.4. The molecule has 2 atom stereocenters. The molecule has 22 heavy (non-hydrogen) atoms. The van der Waals surface area contributed by atoms with Crippen LogP contribution in [0.2, 0.25) is 0 Å². The van der Waals surface area contributed by atoms with Gasteiger partial charge in [0, 0.05) is 11.7 Å². The number of phenols is 1. The van der Waals surface area contributed by atoms with Crippen molar-refractivity contribution in [3.63, 3.8) is 0 Å². The molecule has 114 valence electrons. The number of rotatable bonds is 3. The van der Waals surface area contributed by atoms with Gasteiger partial charge in [-0.15, -0.1) is 0 Å². The second-order valence-electron chi connectivity index (χ2n) is 5.65. The predicted octanol–water partition coefficient (Wildman–Crippen LogP) is 3.76. The summed E-state index contributed by atoms with van der Waals surface area (Å²) in [5.41, 5.74) is 2.52. The summed E-state index contributed by atoms with van der Waals surface area (Å²) in [4.78, 5) is 14.8. The van der Waals surface area contributed by atoms with Crippen LogP contribution in [0.1, 0.15) is 42.4 Å². The number of benzene rings is 2. The van der Waals surface area contributed by atoms with Crippen LogP contribution in [0.4, 0.5) is 5.69 Å². The number of amides is 1. The first-order chi connectivity index (χ1) is 10.6. The Kier molecular flexibility index (Phi) is 3.75. The Morgan fingerprint density at radius 1 is 1.18 bits per heavy atom. The van der Waals surface area contributed by atoms with E-state index in [1.54, 1.807) is 12.1 Å². The second kappa shape index (κ2) is 5.72. The van der Waals surface area contributed by atoms with E-state index in [2.05, 4.69) is 19.2 Å². The summed E-state index contributed by atoms with van der Waals surface area (Å²) in [7, 11) is 0. The normalized spacial score (nSPS) is 18.5. The van der Waals surface area contributed by atoms with Gasteiger partial charge in [0.1, 0.15) is 11.9 Å². The van der Waals surface area contributed by atoms with Crippen LogP contribution in [-0.2, 0) is 0 Å². The topological polar surface area (TPSA) is 52.6 Å². The highest BCUT2D eigenvalue weighted by atomic mass is 16.3. The Balaban J connectivity index is 2.06. The van der Waals surface area contributed by atoms with E-state index in [0.29, 0.717) is 5.56 Å². The maximum atomic E-state index is 12.9. The van der Waals surface area contributed by atoms with Gasteiger partial charge in [0.15, 0.2) is 0 Å². The van der Waals surface area contributed by atoms with E-state index in [1.165, 1.54) is 0 Å². The number of anilines is 1. The van der Waals surface area contributed by atoms with Crippen molar-refractivity contribution in [1.82, 2.24) is 4.90 Å². The molecule has 0 saturated heterocycles. The molecule has 1 aliphatic rings. The van der Waals surface area contributed by atoms with E-state index in [1.807, 2.05) is 41.3 Å². The number of hydrogen-bond donors (Lipinski definition) is 2. The van der Waals surface area contributed by atoms with Gasteiger partial charge in [0.25, 0.3) is 5.91 Å². The van der Waals surface area contributed by atoms with Gasteiger partial charge in [-0.2, -0.15) is 0 Å². The van der Waals surface area contributed by atoms with E-state index < -0.39 is 0 Å². The molecule has 0 aliphatic carbocycles. The van der Waals surface area contributed by atoms with Crippen LogP contribution >= 0.6 is 0 Å². The third kappa shape index (κ3) is 2.41. The highest BCUT2D eigenvalue weighted by molar-refractivity contribution is 6.01. The molecule has 2 aromatic carbocycles. The summed E-state index contributed by atoms with van der Waals surface area (Å²) in [6, 6.07) is 14.7. The van der Waals surface area contributed by atoms with Gasteiger partial charge in [-0.05, 0) is 43.2 Å². The number of carbonyl (C=O) groups excluding carboxylic acids is 1. The summed E-state index contributed by atoms with van der Waals surface area (Å²) in [5, 5.41) is 12.9. The number of carbonyl (C=O) groups is 1. The third-order valence-electron chi connectivity index (χ3n) is 4.24. The quantitative estimate of drug-likeness (QED) is 0.906. The Morgan fingerprint density at radius 3 is 2.55 bits per heavy atom. The van der Waals surface area contributed by atoms with Crippen LogP contribution in [0, 0.1) is 0 Å². The van der Waals surface area contributed by atoms with E-state index in [9.17, 15) is 9.90 Å². The van der Waals surface area contributed by atoms with Crippen LogP contribution in [-0.4, -0.2) is 22.0 Å². The molecule has 1 amide bonds. The van der Waals surface area contributed by atoms with Gasteiger partial charge in [0.2, 0.25) is 0 Å². The number of nitrogens with one attached hydrogen (secondary N) is 1. The smallest absolute Gasteiger partial charge is 0.258 e. The van der Waals surface area contributed by atoms with Gasteiger partial charge in [-0.25, -0.2) is 0 Å². The van der Waals surface area contributed by atoms with Crippen LogP contribution in [0.25, 0.3) is 0 Å². The maximum absolute atomic E-state index is 12.9. The molecule has 2 N–H and O–H groups in total. The Hall–Kier alpha value is -2.49. The first-order valence-electron chi connectivity index (χ1n) is 7.59. The van der Waals surface area contributed by atoms with Crippen molar-refractivity contribution >= 4 is 11.6 Å². The minimum atomic E-state index is -0.224. The number of phenolic OH excluding ortho intramolecular Hbond substituents is 1. The lowest BCUT2D eigenvalue weighted by molar-refractivity contribution is 0.0593. The lowest BCUT2D eigenvalue weighted by atomic mass is 10.0. The molecule has 4 nitrogen and oxygen atoms in total. The molecule has 3 rings (SSSR count). The van der Waals surface area contributed by atoms with Gasteiger partial charge in [0.05, 0.1) is 5.56 Å². The van der Waals surface area contributed by atoms with Crippen molar-refractivity contribution in [2.24, 2.45) is 0 Å². The molecular weight excluding hydrogens is 276 g/mol. The fraction of sp³-hybridized carbons (Fsp3) is 0.278. The highest BCUT2D eigenvalue weighted by Gasteiger charge is 2.35. The molecular formula is C18H20N2O2. The summed E-state index contributed by atoms with van der Waals surface area (Å²) in [6.45, 7) is 4.13. The summed E-state index contributed by atoms with van der Waals surface area (Å²) < 4.78 is 0. The lowest BCUT2D eigenvalue weighted by Gasteiger charge is -2.41. The minimum Gasteiger partial charge on any atom is -0.508 e. The Morgan fingerprint density at radius 2 is 1.86 bits per heavy atom. The van der Waals surface area contributed by atoms with Gasteiger partial charge in [-0.3, -0.25) is 4.79 Å². The van der Waals surface area contributed by atoms with Crippen molar-refractivity contribution in [1.29, 1.82) is 0 Å². The molecule has 2 aromatic rings. The standard InChI is InChI=1S/C18H20N2O2/c1-3-12(2)20-17(13-8-10-14(21)11-9-13)19-16-7-5-4-6-15(16)18(20)22/h4-12,17,19,21H,3H2,1-2H3/t12-,17+/m0/s1. The van der Waals surface area contributed by atoms with E-state index in [0.717, 1.165) is 17.7 Å². The van der Waals surface area contributed by atoms with Crippen molar-refractivity contribution in [2.75, 3.05) is 5.32 Å². The molecule has 0 spiro atoms. The van der Waals surface area contributed by atoms with Crippen molar-refractivity contribution in [3.8, 4) is 5.75 Å². The molecule has 1 aliphatic heterocycles. The van der Waals surface area contributed by atoms with Gasteiger partial charge < -0.3 is 15.3 Å². The lowest BCUT2D eigenvalue weighted by Crippen LogP contribution is -2.47. The van der Waals surface area contributed by atoms with Crippen molar-refractivity contribution in [2.45, 2.75) is 32.5 Å². The molecule has 0 saturated carbocycles. The summed E-state index contributed by atoms with van der Waals surface area (Å²) >= 11 is 0. The monoisotopic (exact) mass is 296 g/mol. The average Bonchev–Trinajstić information content (AvgIpc) is 2.55. The van der Waals surface area contributed by atoms with E-state index in [4.69, 9.17) is 0 Å². The van der Waals surface area contributed by atoms with Gasteiger partial charge in [-0.1, -0.05) is 31.2 Å². The predicted molar refractivity (Wildman–Crippen MR) is 86.8 cm³/mol. The fourth-order valence-electron chi connectivity index (χ4n) is 2.82. The van der Waals surface area contributed by atoms with Crippen LogP contribution in [0.5, 0.6) is 5.75 Å². The zero-order chi connectivity index (χ0) is 15.7. The van der Waals surface area contributed by atoms with Crippen LogP contribution < -0.4 is 5.32 Å². The fourth-order valence-corrected chi connectivity index (χ4v) is 2.82. The van der Waals surface area contributed by atoms with Crippen LogP contribution in [0.15, 0.2) is 48.5 Å². The molecule has 0 bridgehead atoms. The number of fused-ring (bicyclic) bond motifs is 1. The minimum absolute atomic E-state index is 0.0433. The molecule has 0 fully saturated rings. The molecule has 0 unspecified atom stereocenters. The molecule has 0 aromatic heterocycles. The second-order valence-corrected chi connectivity index (χ2v) is 5.65. The maximum Gasteiger partial charge on any atom is 0.258 e. The zero-order valence-corrected chi connectivity index (χ0v) is 12.8. The molecule has 0 radical (unpaired) electrons. The highest BCUT2D eigenvalue weighted by Crippen LogP contribution is 2.35. The Labute approximate surface area is 130 Å². The zero-order valence-electron chi connectivity index (χ0n) is 12.8. The number of nitrogens with zero attached hydrogens (tertiary/aromatic N) is 1. The Bertz CT molecular complexity index is 682. The molecule has 4 heteroatoms. The van der Waals surface area contributed by atoms with Crippen molar-refractivity contribution < 1.29 is 9.90 Å². The van der Waals surface area contributed by atoms with E-state index >= 15 is 0 Å². The van der Waals surface area contributed by atoms with Gasteiger partial charge >= 0.3 is 0 Å².